The fraction of sp³-hybridized carbons (Fsp3) is 0.333. The van der Waals surface area contributed by atoms with Gasteiger partial charge in [-0.05, 0) is 54.7 Å². The zero-order valence-corrected chi connectivity index (χ0v) is 20.0. The minimum absolute atomic E-state index is 0.00492. The predicted octanol–water partition coefficient (Wildman–Crippen LogP) is 5.16. The summed E-state index contributed by atoms with van der Waals surface area (Å²) >= 11 is 0. The summed E-state index contributed by atoms with van der Waals surface area (Å²) in [5.41, 5.74) is 7.58. The number of carbonyl (C=O) groups excluding carboxylic acids is 1. The molecule has 4 rings (SSSR count). The topological polar surface area (TPSA) is 114 Å². The Kier molecular flexibility index (Phi) is 7.67. The van der Waals surface area contributed by atoms with E-state index >= 15 is 0 Å². The number of halogens is 2. The molecular weight excluding hydrogens is 464 g/mol. The minimum atomic E-state index is -0.703. The van der Waals surface area contributed by atoms with Crippen molar-refractivity contribution in [1.82, 2.24) is 9.97 Å². The number of aromatic nitrogens is 2. The first-order valence-electron chi connectivity index (χ1n) is 11.8. The van der Waals surface area contributed by atoms with Gasteiger partial charge in [0, 0.05) is 24.2 Å². The molecule has 2 aliphatic rings. The van der Waals surface area contributed by atoms with Gasteiger partial charge >= 0.3 is 0 Å². The van der Waals surface area contributed by atoms with E-state index in [-0.39, 0.29) is 53.1 Å². The fourth-order valence-electron chi connectivity index (χ4n) is 4.32. The van der Waals surface area contributed by atoms with Crippen molar-refractivity contribution in [3.63, 3.8) is 0 Å². The minimum Gasteiger partial charge on any atom is -0.370 e. The summed E-state index contributed by atoms with van der Waals surface area (Å²) in [5.74, 6) is -1.60. The molecule has 1 amide bonds. The number of allylic oxidation sites excluding steroid dienone is 6. The highest BCUT2D eigenvalue weighted by Gasteiger charge is 2.32. The molecule has 2 aromatic heterocycles. The summed E-state index contributed by atoms with van der Waals surface area (Å²) < 4.78 is 35.1. The molecular formula is C27H27F2N5O2. The summed E-state index contributed by atoms with van der Waals surface area (Å²) in [6.45, 7) is 4.16. The summed E-state index contributed by atoms with van der Waals surface area (Å²) in [6, 6.07) is 5.97. The molecule has 3 heterocycles. The molecule has 0 spiro atoms. The molecule has 1 saturated heterocycles. The predicted molar refractivity (Wildman–Crippen MR) is 132 cm³/mol. The van der Waals surface area contributed by atoms with Gasteiger partial charge in [-0.2, -0.15) is 5.26 Å². The van der Waals surface area contributed by atoms with Crippen molar-refractivity contribution in [3.8, 4) is 6.07 Å². The Morgan fingerprint density at radius 2 is 2.06 bits per heavy atom. The molecule has 1 aliphatic carbocycles. The van der Waals surface area contributed by atoms with Gasteiger partial charge in [0.2, 0.25) is 0 Å². The second-order valence-electron chi connectivity index (χ2n) is 9.28. The van der Waals surface area contributed by atoms with Crippen molar-refractivity contribution in [3.05, 3.63) is 83.0 Å². The van der Waals surface area contributed by atoms with Crippen LogP contribution in [0.15, 0.2) is 60.2 Å². The summed E-state index contributed by atoms with van der Waals surface area (Å²) in [7, 11) is 0. The Morgan fingerprint density at radius 3 is 2.81 bits per heavy atom. The van der Waals surface area contributed by atoms with E-state index in [9.17, 15) is 13.6 Å². The average molecular weight is 492 g/mol. The number of pyridine rings is 2. The van der Waals surface area contributed by atoms with E-state index in [1.165, 1.54) is 24.4 Å². The Labute approximate surface area is 208 Å². The lowest BCUT2D eigenvalue weighted by Gasteiger charge is -2.36. The maximum absolute atomic E-state index is 14.6. The van der Waals surface area contributed by atoms with Gasteiger partial charge in [0.05, 0.1) is 35.7 Å². The highest BCUT2D eigenvalue weighted by atomic mass is 19.1. The zero-order valence-electron chi connectivity index (χ0n) is 20.0. The normalized spacial score (nSPS) is 22.1. The first-order valence-corrected chi connectivity index (χ1v) is 11.8. The quantitative estimate of drug-likeness (QED) is 0.597. The lowest BCUT2D eigenvalue weighted by Crippen LogP contribution is -2.39. The number of hydrogen-bond acceptors (Lipinski definition) is 6. The SMILES string of the molecule is CC(C)C1CC(N)CC(c2ccncc2NC(=O)c2ccc(F)c(C3=CC=C(C#N)C=C(F)C3)n2)O1. The molecule has 3 atom stereocenters. The number of nitrogens with zero attached hydrogens (tertiary/aromatic N) is 3. The summed E-state index contributed by atoms with van der Waals surface area (Å²) in [5, 5.41) is 11.9. The third-order valence-electron chi connectivity index (χ3n) is 6.23. The number of nitriles is 1. The molecule has 0 saturated carbocycles. The van der Waals surface area contributed by atoms with Crippen LogP contribution in [0.5, 0.6) is 0 Å². The van der Waals surface area contributed by atoms with Gasteiger partial charge in [-0.25, -0.2) is 13.8 Å². The second-order valence-corrected chi connectivity index (χ2v) is 9.28. The molecule has 36 heavy (non-hydrogen) atoms. The number of nitrogens with one attached hydrogen (secondary N) is 1. The molecule has 9 heteroatoms. The van der Waals surface area contributed by atoms with Crippen molar-refractivity contribution in [1.29, 1.82) is 5.26 Å². The molecule has 3 N–H and O–H groups in total. The molecule has 0 bridgehead atoms. The highest BCUT2D eigenvalue weighted by molar-refractivity contribution is 6.03. The molecule has 0 radical (unpaired) electrons. The fourth-order valence-corrected chi connectivity index (χ4v) is 4.32. The highest BCUT2D eigenvalue weighted by Crippen LogP contribution is 2.36. The zero-order chi connectivity index (χ0) is 25.8. The monoisotopic (exact) mass is 491 g/mol. The van der Waals surface area contributed by atoms with Crippen LogP contribution in [0, 0.1) is 23.1 Å². The van der Waals surface area contributed by atoms with Crippen molar-refractivity contribution >= 4 is 17.2 Å². The van der Waals surface area contributed by atoms with E-state index in [1.807, 2.05) is 6.07 Å². The standard InChI is InChI=1S/C27H27F2N5O2/c1-15(2)24-11-19(31)12-25(36-24)20-7-8-32-14-23(20)34-27(35)22-6-5-21(29)26(33-22)17-4-3-16(13-30)9-18(28)10-17/h3-9,14-15,19,24-25H,10-12,31H2,1-2H3,(H,34,35). The van der Waals surface area contributed by atoms with Crippen LogP contribution >= 0.6 is 0 Å². The van der Waals surface area contributed by atoms with Crippen LogP contribution in [0.2, 0.25) is 0 Å². The van der Waals surface area contributed by atoms with Crippen LogP contribution in [0.3, 0.4) is 0 Å². The maximum Gasteiger partial charge on any atom is 0.274 e. The van der Waals surface area contributed by atoms with E-state index in [1.54, 1.807) is 12.3 Å². The second kappa shape index (κ2) is 10.9. The van der Waals surface area contributed by atoms with Crippen molar-refractivity contribution < 1.29 is 18.3 Å². The van der Waals surface area contributed by atoms with E-state index < -0.39 is 17.6 Å². The first-order chi connectivity index (χ1) is 17.2. The molecule has 1 fully saturated rings. The van der Waals surface area contributed by atoms with E-state index in [2.05, 4.69) is 29.1 Å². The van der Waals surface area contributed by atoms with E-state index in [4.69, 9.17) is 15.7 Å². The van der Waals surface area contributed by atoms with E-state index in [0.717, 1.165) is 24.1 Å². The van der Waals surface area contributed by atoms with Gasteiger partial charge in [-0.15, -0.1) is 0 Å². The first kappa shape index (κ1) is 25.4. The number of amides is 1. The Bertz CT molecular complexity index is 1300. The molecule has 186 valence electrons. The van der Waals surface area contributed by atoms with Gasteiger partial charge in [-0.3, -0.25) is 9.78 Å². The smallest absolute Gasteiger partial charge is 0.274 e. The number of nitrogens with two attached hydrogens (primary N) is 1. The Balaban J connectivity index is 1.60. The maximum atomic E-state index is 14.6. The average Bonchev–Trinajstić information content (AvgIpc) is 3.05. The van der Waals surface area contributed by atoms with Crippen molar-refractivity contribution in [2.45, 2.75) is 51.4 Å². The molecule has 7 nitrogen and oxygen atoms in total. The molecule has 2 aromatic rings. The molecule has 0 aromatic carbocycles. The van der Waals surface area contributed by atoms with Gasteiger partial charge in [-0.1, -0.05) is 19.9 Å². The van der Waals surface area contributed by atoms with Crippen LogP contribution in [0.4, 0.5) is 14.5 Å². The van der Waals surface area contributed by atoms with Gasteiger partial charge in [0.1, 0.15) is 23.0 Å². The molecule has 1 aliphatic heterocycles. The van der Waals surface area contributed by atoms with Crippen LogP contribution < -0.4 is 11.1 Å². The third-order valence-corrected chi connectivity index (χ3v) is 6.23. The lowest BCUT2D eigenvalue weighted by atomic mass is 9.90. The van der Waals surface area contributed by atoms with Crippen LogP contribution in [0.1, 0.15) is 61.0 Å². The number of carbonyl (C=O) groups is 1. The number of anilines is 1. The Hall–Kier alpha value is -3.74. The van der Waals surface area contributed by atoms with Crippen LogP contribution in [-0.2, 0) is 4.74 Å². The van der Waals surface area contributed by atoms with Crippen molar-refractivity contribution in [2.24, 2.45) is 11.7 Å². The van der Waals surface area contributed by atoms with Gasteiger partial charge < -0.3 is 15.8 Å². The van der Waals surface area contributed by atoms with Gasteiger partial charge in [0.25, 0.3) is 5.91 Å². The summed E-state index contributed by atoms with van der Waals surface area (Å²) in [6.07, 6.45) is 7.84. The van der Waals surface area contributed by atoms with Crippen LogP contribution in [0.25, 0.3) is 5.57 Å². The number of rotatable bonds is 5. The van der Waals surface area contributed by atoms with Crippen molar-refractivity contribution in [2.75, 3.05) is 5.32 Å². The number of ether oxygens (including phenoxy) is 1. The van der Waals surface area contributed by atoms with E-state index in [0.29, 0.717) is 12.1 Å². The van der Waals surface area contributed by atoms with Crippen LogP contribution in [-0.4, -0.2) is 28.0 Å². The summed E-state index contributed by atoms with van der Waals surface area (Å²) in [4.78, 5) is 21.4. The van der Waals surface area contributed by atoms with Gasteiger partial charge in [0.15, 0.2) is 0 Å². The largest absolute Gasteiger partial charge is 0.370 e. The third kappa shape index (κ3) is 5.73. The number of hydrogen-bond donors (Lipinski definition) is 2. The molecule has 3 unspecified atom stereocenters. The lowest BCUT2D eigenvalue weighted by molar-refractivity contribution is -0.0787. The Morgan fingerprint density at radius 1 is 1.25 bits per heavy atom.